The molecule has 1 aliphatic heterocycles. The summed E-state index contributed by atoms with van der Waals surface area (Å²) in [4.78, 5) is 11.6. The normalized spacial score (nSPS) is 13.7. The van der Waals surface area contributed by atoms with Crippen molar-refractivity contribution in [3.05, 3.63) is 35.0 Å². The van der Waals surface area contributed by atoms with E-state index in [1.165, 1.54) is 29.1 Å². The Labute approximate surface area is 118 Å². The molecule has 2 heterocycles. The van der Waals surface area contributed by atoms with Gasteiger partial charge in [-0.2, -0.15) is 0 Å². The van der Waals surface area contributed by atoms with Gasteiger partial charge in [-0.1, -0.05) is 6.92 Å². The van der Waals surface area contributed by atoms with Crippen molar-refractivity contribution >= 4 is 16.9 Å². The van der Waals surface area contributed by atoms with Gasteiger partial charge in [-0.05, 0) is 35.2 Å². The average molecular weight is 272 g/mol. The van der Waals surface area contributed by atoms with Gasteiger partial charge < -0.3 is 14.6 Å². The maximum atomic E-state index is 11.6. The van der Waals surface area contributed by atoms with Gasteiger partial charge in [-0.15, -0.1) is 0 Å². The van der Waals surface area contributed by atoms with Gasteiger partial charge in [-0.3, -0.25) is 4.79 Å². The Hall–Kier alpha value is -1.81. The molecule has 0 amide bonds. The fourth-order valence-corrected chi connectivity index (χ4v) is 2.95. The van der Waals surface area contributed by atoms with E-state index in [1.807, 2.05) is 0 Å². The summed E-state index contributed by atoms with van der Waals surface area (Å²) in [5, 5.41) is 4.56. The average Bonchev–Trinajstić information content (AvgIpc) is 3.02. The van der Waals surface area contributed by atoms with Crippen LogP contribution in [-0.2, 0) is 35.6 Å². The maximum Gasteiger partial charge on any atom is 0.310 e. The Balaban J connectivity index is 2.12. The van der Waals surface area contributed by atoms with E-state index in [4.69, 9.17) is 4.74 Å². The van der Waals surface area contributed by atoms with Crippen molar-refractivity contribution in [2.45, 2.75) is 39.4 Å². The van der Waals surface area contributed by atoms with E-state index >= 15 is 0 Å². The summed E-state index contributed by atoms with van der Waals surface area (Å²) in [7, 11) is 1.44. The zero-order valence-electron chi connectivity index (χ0n) is 12.0. The van der Waals surface area contributed by atoms with E-state index in [1.54, 1.807) is 0 Å². The van der Waals surface area contributed by atoms with Crippen LogP contribution in [0.2, 0.25) is 0 Å². The molecule has 0 unspecified atom stereocenters. The van der Waals surface area contributed by atoms with Gasteiger partial charge >= 0.3 is 5.97 Å². The molecule has 0 spiro atoms. The van der Waals surface area contributed by atoms with Crippen molar-refractivity contribution in [2.24, 2.45) is 0 Å². The number of ether oxygens (including phenoxy) is 1. The number of benzene rings is 1. The quantitative estimate of drug-likeness (QED) is 0.869. The van der Waals surface area contributed by atoms with Gasteiger partial charge in [0, 0.05) is 36.7 Å². The number of nitrogens with zero attached hydrogens (tertiary/aromatic N) is 1. The van der Waals surface area contributed by atoms with Crippen molar-refractivity contribution in [1.82, 2.24) is 9.88 Å². The predicted octanol–water partition coefficient (Wildman–Crippen LogP) is 2.37. The predicted molar refractivity (Wildman–Crippen MR) is 78.5 cm³/mol. The maximum absolute atomic E-state index is 11.6. The van der Waals surface area contributed by atoms with E-state index in [2.05, 4.69) is 35.1 Å². The van der Waals surface area contributed by atoms with Gasteiger partial charge in [0.2, 0.25) is 0 Å². The summed E-state index contributed by atoms with van der Waals surface area (Å²) in [6.07, 6.45) is 3.53. The molecule has 3 rings (SSSR count). The molecule has 0 bridgehead atoms. The van der Waals surface area contributed by atoms with Crippen LogP contribution in [0, 0.1) is 0 Å². The molecule has 2 aromatic rings. The highest BCUT2D eigenvalue weighted by molar-refractivity contribution is 5.89. The third-order valence-corrected chi connectivity index (χ3v) is 3.94. The zero-order valence-corrected chi connectivity index (χ0v) is 12.0. The highest BCUT2D eigenvalue weighted by atomic mass is 16.5. The third kappa shape index (κ3) is 2.20. The van der Waals surface area contributed by atoms with Crippen LogP contribution >= 0.6 is 0 Å². The Morgan fingerprint density at radius 1 is 1.35 bits per heavy atom. The molecule has 106 valence electrons. The number of methoxy groups -OCH3 is 1. The van der Waals surface area contributed by atoms with Gasteiger partial charge in [0.1, 0.15) is 0 Å². The Morgan fingerprint density at radius 2 is 2.10 bits per heavy atom. The molecule has 1 aromatic carbocycles. The fraction of sp³-hybridized carbons (Fsp3) is 0.438. The first kappa shape index (κ1) is 13.2. The second-order valence-corrected chi connectivity index (χ2v) is 5.34. The highest BCUT2D eigenvalue weighted by Gasteiger charge is 2.17. The Kier molecular flexibility index (Phi) is 3.49. The standard InChI is InChI=1S/C16H20N2O2/c1-3-4-18-10-13(7-16(19)20-2)14-5-11-8-17-9-12(11)6-15(14)18/h5-6,10,17H,3-4,7-9H2,1-2H3. The summed E-state index contributed by atoms with van der Waals surface area (Å²) in [6.45, 7) is 5.00. The summed E-state index contributed by atoms with van der Waals surface area (Å²) in [5.41, 5.74) is 5.01. The zero-order chi connectivity index (χ0) is 14.1. The summed E-state index contributed by atoms with van der Waals surface area (Å²) < 4.78 is 7.06. The summed E-state index contributed by atoms with van der Waals surface area (Å²) in [6, 6.07) is 4.50. The summed E-state index contributed by atoms with van der Waals surface area (Å²) in [5.74, 6) is -0.181. The minimum Gasteiger partial charge on any atom is -0.469 e. The van der Waals surface area contributed by atoms with Gasteiger partial charge in [0.25, 0.3) is 0 Å². The molecule has 0 radical (unpaired) electrons. The smallest absolute Gasteiger partial charge is 0.310 e. The van der Waals surface area contributed by atoms with Crippen LogP contribution in [0.15, 0.2) is 18.3 Å². The van der Waals surface area contributed by atoms with Crippen LogP contribution < -0.4 is 5.32 Å². The SMILES string of the molecule is CCCn1cc(CC(=O)OC)c2cc3c(cc21)CNC3. The third-order valence-electron chi connectivity index (χ3n) is 3.94. The molecular formula is C16H20N2O2. The molecule has 1 aliphatic rings. The molecule has 0 saturated carbocycles. The second-order valence-electron chi connectivity index (χ2n) is 5.34. The minimum atomic E-state index is -0.181. The van der Waals surface area contributed by atoms with Crippen LogP contribution in [0.4, 0.5) is 0 Å². The number of nitrogens with one attached hydrogen (secondary N) is 1. The lowest BCUT2D eigenvalue weighted by molar-refractivity contribution is -0.139. The van der Waals surface area contributed by atoms with E-state index in [9.17, 15) is 4.79 Å². The number of esters is 1. The van der Waals surface area contributed by atoms with E-state index in [0.29, 0.717) is 6.42 Å². The van der Waals surface area contributed by atoms with Crippen molar-refractivity contribution in [3.8, 4) is 0 Å². The van der Waals surface area contributed by atoms with Crippen molar-refractivity contribution in [3.63, 3.8) is 0 Å². The van der Waals surface area contributed by atoms with E-state index < -0.39 is 0 Å². The Morgan fingerprint density at radius 3 is 2.80 bits per heavy atom. The molecule has 0 atom stereocenters. The van der Waals surface area contributed by atoms with Crippen molar-refractivity contribution in [2.75, 3.05) is 7.11 Å². The van der Waals surface area contributed by atoms with Crippen LogP contribution in [-0.4, -0.2) is 17.6 Å². The van der Waals surface area contributed by atoms with Gasteiger partial charge in [0.15, 0.2) is 0 Å². The molecule has 4 heteroatoms. The lowest BCUT2D eigenvalue weighted by Crippen LogP contribution is -2.04. The number of aryl methyl sites for hydroxylation is 1. The van der Waals surface area contributed by atoms with Gasteiger partial charge in [-0.25, -0.2) is 0 Å². The minimum absolute atomic E-state index is 0.181. The van der Waals surface area contributed by atoms with Crippen LogP contribution in [0.5, 0.6) is 0 Å². The first-order chi connectivity index (χ1) is 9.72. The largest absolute Gasteiger partial charge is 0.469 e. The number of carbonyl (C=O) groups is 1. The number of rotatable bonds is 4. The van der Waals surface area contributed by atoms with Crippen LogP contribution in [0.25, 0.3) is 10.9 Å². The Bertz CT molecular complexity index is 658. The topological polar surface area (TPSA) is 43.3 Å². The van der Waals surface area contributed by atoms with Crippen molar-refractivity contribution < 1.29 is 9.53 Å². The number of hydrogen-bond acceptors (Lipinski definition) is 3. The van der Waals surface area contributed by atoms with E-state index in [0.717, 1.165) is 31.6 Å². The first-order valence-corrected chi connectivity index (χ1v) is 7.14. The molecule has 0 aliphatic carbocycles. The first-order valence-electron chi connectivity index (χ1n) is 7.14. The summed E-state index contributed by atoms with van der Waals surface area (Å²) >= 11 is 0. The van der Waals surface area contributed by atoms with Crippen molar-refractivity contribution in [1.29, 1.82) is 0 Å². The lowest BCUT2D eigenvalue weighted by Gasteiger charge is -2.05. The fourth-order valence-electron chi connectivity index (χ4n) is 2.95. The number of fused-ring (bicyclic) bond motifs is 2. The number of aromatic nitrogens is 1. The molecule has 1 aromatic heterocycles. The molecular weight excluding hydrogens is 252 g/mol. The monoisotopic (exact) mass is 272 g/mol. The highest BCUT2D eigenvalue weighted by Crippen LogP contribution is 2.28. The molecule has 0 fully saturated rings. The van der Waals surface area contributed by atoms with E-state index in [-0.39, 0.29) is 5.97 Å². The number of hydrogen-bond donors (Lipinski definition) is 1. The molecule has 4 nitrogen and oxygen atoms in total. The molecule has 1 N–H and O–H groups in total. The second kappa shape index (κ2) is 5.29. The van der Waals surface area contributed by atoms with Gasteiger partial charge in [0.05, 0.1) is 13.5 Å². The molecule has 0 saturated heterocycles. The van der Waals surface area contributed by atoms with Crippen LogP contribution in [0.3, 0.4) is 0 Å². The molecule has 20 heavy (non-hydrogen) atoms. The number of carbonyl (C=O) groups excluding carboxylic acids is 1. The van der Waals surface area contributed by atoms with Crippen LogP contribution in [0.1, 0.15) is 30.0 Å². The lowest BCUT2D eigenvalue weighted by atomic mass is 10.0.